The van der Waals surface area contributed by atoms with Crippen LogP contribution in [0.25, 0.3) is 0 Å². The third-order valence-corrected chi connectivity index (χ3v) is 6.48. The van der Waals surface area contributed by atoms with E-state index in [0.29, 0.717) is 10.0 Å². The summed E-state index contributed by atoms with van der Waals surface area (Å²) in [6, 6.07) is 13.7. The molecule has 0 aliphatic rings. The van der Waals surface area contributed by atoms with Crippen LogP contribution >= 0.6 is 27.7 Å². The normalized spacial score (nSPS) is 13.7. The van der Waals surface area contributed by atoms with Gasteiger partial charge < -0.3 is 0 Å². The summed E-state index contributed by atoms with van der Waals surface area (Å²) in [5.41, 5.74) is -4.21. The van der Waals surface area contributed by atoms with Gasteiger partial charge >= 0.3 is 5.51 Å². The molecule has 2 rings (SSSR count). The van der Waals surface area contributed by atoms with Crippen LogP contribution in [0.2, 0.25) is 0 Å². The highest BCUT2D eigenvalue weighted by molar-refractivity contribution is 9.10. The van der Waals surface area contributed by atoms with Gasteiger partial charge in [-0.25, -0.2) is 8.42 Å². The van der Waals surface area contributed by atoms with Crippen LogP contribution in [0.15, 0.2) is 64.0 Å². The van der Waals surface area contributed by atoms with Gasteiger partial charge in [0.15, 0.2) is 9.84 Å². The smallest absolute Gasteiger partial charge is 0.224 e. The van der Waals surface area contributed by atoms with Crippen molar-refractivity contribution in [1.29, 1.82) is 0 Å². The molecule has 8 heteroatoms. The van der Waals surface area contributed by atoms with Gasteiger partial charge in [0.2, 0.25) is 0 Å². The zero-order chi connectivity index (χ0) is 17.1. The highest BCUT2D eigenvalue weighted by atomic mass is 79.9. The Morgan fingerprint density at radius 2 is 1.57 bits per heavy atom. The Kier molecular flexibility index (Phi) is 5.80. The van der Waals surface area contributed by atoms with E-state index < -0.39 is 26.3 Å². The lowest BCUT2D eigenvalue weighted by molar-refractivity contribution is -0.0333. The number of sulfone groups is 1. The SMILES string of the molecule is O=S(=O)(CC(SC(F)(F)F)c1ccc(Br)cc1)c1ccccc1. The minimum Gasteiger partial charge on any atom is -0.224 e. The molecule has 0 aliphatic heterocycles. The molecule has 2 nitrogen and oxygen atoms in total. The molecule has 2 aromatic rings. The maximum atomic E-state index is 12.8. The molecule has 0 spiro atoms. The Labute approximate surface area is 145 Å². The summed E-state index contributed by atoms with van der Waals surface area (Å²) in [5.74, 6) is -0.622. The predicted octanol–water partition coefficient (Wildman–Crippen LogP) is 5.22. The Hall–Kier alpha value is -0.990. The maximum absolute atomic E-state index is 12.8. The van der Waals surface area contributed by atoms with Crippen LogP contribution in [0, 0.1) is 0 Å². The molecule has 2 aromatic carbocycles. The van der Waals surface area contributed by atoms with E-state index in [1.165, 1.54) is 24.3 Å². The Balaban J connectivity index is 2.33. The van der Waals surface area contributed by atoms with Crippen molar-refractivity contribution < 1.29 is 21.6 Å². The third kappa shape index (κ3) is 5.54. The topological polar surface area (TPSA) is 34.1 Å². The molecule has 0 radical (unpaired) electrons. The molecule has 0 amide bonds. The number of thioether (sulfide) groups is 1. The Morgan fingerprint density at radius 1 is 1.00 bits per heavy atom. The first-order valence-corrected chi connectivity index (χ1v) is 9.78. The van der Waals surface area contributed by atoms with E-state index in [1.54, 1.807) is 30.3 Å². The van der Waals surface area contributed by atoms with E-state index in [2.05, 4.69) is 15.9 Å². The van der Waals surface area contributed by atoms with Gasteiger partial charge in [0.1, 0.15) is 0 Å². The van der Waals surface area contributed by atoms with Crippen LogP contribution < -0.4 is 0 Å². The largest absolute Gasteiger partial charge is 0.442 e. The van der Waals surface area contributed by atoms with Crippen LogP contribution in [0.4, 0.5) is 13.2 Å². The fourth-order valence-electron chi connectivity index (χ4n) is 1.96. The fourth-order valence-corrected chi connectivity index (χ4v) is 5.01. The molecule has 0 fully saturated rings. The molecule has 124 valence electrons. The van der Waals surface area contributed by atoms with E-state index in [0.717, 1.165) is 0 Å². The second-order valence-corrected chi connectivity index (χ2v) is 8.92. The number of rotatable bonds is 5. The zero-order valence-corrected chi connectivity index (χ0v) is 14.8. The van der Waals surface area contributed by atoms with Crippen LogP contribution in [0.5, 0.6) is 0 Å². The highest BCUT2D eigenvalue weighted by Gasteiger charge is 2.36. The summed E-state index contributed by atoms with van der Waals surface area (Å²) in [4.78, 5) is 0.0184. The van der Waals surface area contributed by atoms with Crippen molar-refractivity contribution >= 4 is 37.5 Å². The van der Waals surface area contributed by atoms with Crippen LogP contribution in [-0.4, -0.2) is 19.7 Å². The summed E-state index contributed by atoms with van der Waals surface area (Å²) in [6.07, 6.45) is 0. The predicted molar refractivity (Wildman–Crippen MR) is 89.0 cm³/mol. The third-order valence-electron chi connectivity index (χ3n) is 2.99. The molecule has 0 bridgehead atoms. The molecule has 23 heavy (non-hydrogen) atoms. The van der Waals surface area contributed by atoms with E-state index >= 15 is 0 Å². The van der Waals surface area contributed by atoms with E-state index in [1.807, 2.05) is 0 Å². The molecule has 0 aromatic heterocycles. The summed E-state index contributed by atoms with van der Waals surface area (Å²) in [7, 11) is -3.82. The first kappa shape index (κ1) is 18.4. The molecule has 0 N–H and O–H groups in total. The van der Waals surface area contributed by atoms with Gasteiger partial charge in [-0.15, -0.1) is 0 Å². The second kappa shape index (κ2) is 7.27. The van der Waals surface area contributed by atoms with Crippen LogP contribution in [0.1, 0.15) is 10.8 Å². The van der Waals surface area contributed by atoms with Crippen molar-refractivity contribution in [2.75, 3.05) is 5.75 Å². The van der Waals surface area contributed by atoms with E-state index in [-0.39, 0.29) is 16.7 Å². The van der Waals surface area contributed by atoms with Crippen molar-refractivity contribution in [3.8, 4) is 0 Å². The Morgan fingerprint density at radius 3 is 2.09 bits per heavy atom. The van der Waals surface area contributed by atoms with E-state index in [4.69, 9.17) is 0 Å². The quantitative estimate of drug-likeness (QED) is 0.659. The van der Waals surface area contributed by atoms with Gasteiger partial charge in [0.25, 0.3) is 0 Å². The van der Waals surface area contributed by atoms with Crippen molar-refractivity contribution in [3.05, 3.63) is 64.6 Å². The summed E-state index contributed by atoms with van der Waals surface area (Å²) >= 11 is 2.89. The summed E-state index contributed by atoms with van der Waals surface area (Å²) in [6.45, 7) is 0. The minimum atomic E-state index is -4.52. The summed E-state index contributed by atoms with van der Waals surface area (Å²) < 4.78 is 63.9. The molecule has 1 atom stereocenters. The summed E-state index contributed by atoms with van der Waals surface area (Å²) in [5, 5.41) is -1.23. The average molecular weight is 425 g/mol. The van der Waals surface area contributed by atoms with Crippen molar-refractivity contribution in [1.82, 2.24) is 0 Å². The van der Waals surface area contributed by atoms with Gasteiger partial charge in [-0.05, 0) is 41.6 Å². The zero-order valence-electron chi connectivity index (χ0n) is 11.6. The molecular weight excluding hydrogens is 413 g/mol. The molecule has 1 unspecified atom stereocenters. The maximum Gasteiger partial charge on any atom is 0.442 e. The van der Waals surface area contributed by atoms with Gasteiger partial charge in [0.05, 0.1) is 15.9 Å². The lowest BCUT2D eigenvalue weighted by Gasteiger charge is -2.19. The van der Waals surface area contributed by atoms with E-state index in [9.17, 15) is 21.6 Å². The number of hydrogen-bond donors (Lipinski definition) is 0. The second-order valence-electron chi connectivity index (χ2n) is 4.70. The number of halogens is 4. The van der Waals surface area contributed by atoms with Crippen LogP contribution in [0.3, 0.4) is 0 Å². The molecule has 0 saturated carbocycles. The highest BCUT2D eigenvalue weighted by Crippen LogP contribution is 2.43. The standard InChI is InChI=1S/C15H12BrF3O2S2/c16-12-8-6-11(7-9-12)14(22-15(17,18)19)10-23(20,21)13-4-2-1-3-5-13/h1-9,14H,10H2. The molecule has 0 heterocycles. The number of hydrogen-bond acceptors (Lipinski definition) is 3. The monoisotopic (exact) mass is 424 g/mol. The minimum absolute atomic E-state index is 0.0184. The number of alkyl halides is 3. The fraction of sp³-hybridized carbons (Fsp3) is 0.200. The number of benzene rings is 2. The lowest BCUT2D eigenvalue weighted by Crippen LogP contribution is -2.16. The van der Waals surface area contributed by atoms with Crippen molar-refractivity contribution in [2.45, 2.75) is 15.7 Å². The van der Waals surface area contributed by atoms with Gasteiger partial charge in [0, 0.05) is 4.47 Å². The van der Waals surface area contributed by atoms with Gasteiger partial charge in [-0.1, -0.05) is 46.3 Å². The van der Waals surface area contributed by atoms with Crippen molar-refractivity contribution in [2.24, 2.45) is 0 Å². The first-order chi connectivity index (χ1) is 10.7. The first-order valence-electron chi connectivity index (χ1n) is 6.45. The average Bonchev–Trinajstić information content (AvgIpc) is 2.46. The Bertz CT molecular complexity index is 745. The molecule has 0 saturated heterocycles. The van der Waals surface area contributed by atoms with Crippen molar-refractivity contribution in [3.63, 3.8) is 0 Å². The lowest BCUT2D eigenvalue weighted by atomic mass is 10.2. The van der Waals surface area contributed by atoms with Gasteiger partial charge in [-0.2, -0.15) is 13.2 Å². The molecular formula is C15H12BrF3O2S2. The molecule has 0 aliphatic carbocycles. The van der Waals surface area contributed by atoms with Crippen LogP contribution in [-0.2, 0) is 9.84 Å². The van der Waals surface area contributed by atoms with Gasteiger partial charge in [-0.3, -0.25) is 0 Å².